The minimum absolute atomic E-state index is 0.0173. The number of aliphatic hydroxyl groups is 1. The molecule has 0 radical (unpaired) electrons. The van der Waals surface area contributed by atoms with E-state index in [1.807, 2.05) is 37.3 Å². The molecule has 0 amide bonds. The second-order valence-corrected chi connectivity index (χ2v) is 3.67. The molecule has 0 aliphatic rings. The van der Waals surface area contributed by atoms with E-state index in [2.05, 4.69) is 5.32 Å². The summed E-state index contributed by atoms with van der Waals surface area (Å²) in [5, 5.41) is 12.6. The number of rotatable bonds is 6. The first-order valence-corrected chi connectivity index (χ1v) is 5.18. The molecule has 1 aromatic carbocycles. The smallest absolute Gasteiger partial charge is 0.0626 e. The number of ether oxygens (including phenoxy) is 1. The molecule has 15 heavy (non-hydrogen) atoms. The quantitative estimate of drug-likeness (QED) is 0.743. The van der Waals surface area contributed by atoms with Crippen LogP contribution in [-0.4, -0.2) is 31.5 Å². The van der Waals surface area contributed by atoms with E-state index < -0.39 is 0 Å². The highest BCUT2D eigenvalue weighted by molar-refractivity contribution is 5.18. The van der Waals surface area contributed by atoms with Crippen molar-refractivity contribution in [1.82, 2.24) is 5.32 Å². The third-order valence-electron chi connectivity index (χ3n) is 2.29. The zero-order chi connectivity index (χ0) is 11.1. The highest BCUT2D eigenvalue weighted by atomic mass is 16.5. The van der Waals surface area contributed by atoms with Crippen molar-refractivity contribution in [3.8, 4) is 0 Å². The Morgan fingerprint density at radius 2 is 2.00 bits per heavy atom. The van der Waals surface area contributed by atoms with E-state index in [0.717, 1.165) is 5.56 Å². The fraction of sp³-hybridized carbons (Fsp3) is 0.500. The van der Waals surface area contributed by atoms with Crippen molar-refractivity contribution in [2.45, 2.75) is 19.0 Å². The standard InChI is InChI=1S/C12H19NO2/c1-10(9-15-2)13-12(8-14)11-6-4-3-5-7-11/h3-7,10,12-14H,8-9H2,1-2H3/t10?,12-/m0/s1. The molecule has 0 bridgehead atoms. The molecule has 3 heteroatoms. The Kier molecular flexibility index (Phi) is 5.32. The summed E-state index contributed by atoms with van der Waals surface area (Å²) in [5.41, 5.74) is 1.10. The van der Waals surface area contributed by atoms with Crippen LogP contribution in [0.15, 0.2) is 30.3 Å². The number of benzene rings is 1. The molecule has 0 fully saturated rings. The molecular weight excluding hydrogens is 190 g/mol. The van der Waals surface area contributed by atoms with Gasteiger partial charge in [0.25, 0.3) is 0 Å². The Morgan fingerprint density at radius 1 is 1.33 bits per heavy atom. The van der Waals surface area contributed by atoms with E-state index in [4.69, 9.17) is 4.74 Å². The van der Waals surface area contributed by atoms with Crippen LogP contribution >= 0.6 is 0 Å². The number of nitrogens with one attached hydrogen (secondary N) is 1. The number of hydrogen-bond acceptors (Lipinski definition) is 3. The van der Waals surface area contributed by atoms with E-state index >= 15 is 0 Å². The topological polar surface area (TPSA) is 41.5 Å². The van der Waals surface area contributed by atoms with Gasteiger partial charge in [-0.25, -0.2) is 0 Å². The average molecular weight is 209 g/mol. The zero-order valence-corrected chi connectivity index (χ0v) is 9.31. The van der Waals surface area contributed by atoms with Gasteiger partial charge in [0.1, 0.15) is 0 Å². The number of hydrogen-bond donors (Lipinski definition) is 2. The second-order valence-electron chi connectivity index (χ2n) is 3.67. The first-order valence-electron chi connectivity index (χ1n) is 5.18. The van der Waals surface area contributed by atoms with Gasteiger partial charge in [-0.1, -0.05) is 30.3 Å². The van der Waals surface area contributed by atoms with Crippen LogP contribution in [-0.2, 0) is 4.74 Å². The predicted octanol–water partition coefficient (Wildman–Crippen LogP) is 1.34. The molecule has 2 atom stereocenters. The molecule has 0 aliphatic heterocycles. The molecule has 0 heterocycles. The third-order valence-corrected chi connectivity index (χ3v) is 2.29. The first-order chi connectivity index (χ1) is 7.27. The van der Waals surface area contributed by atoms with Crippen LogP contribution in [0.4, 0.5) is 0 Å². The minimum atomic E-state index is -0.0173. The summed E-state index contributed by atoms with van der Waals surface area (Å²) in [7, 11) is 1.68. The third kappa shape index (κ3) is 4.00. The summed E-state index contributed by atoms with van der Waals surface area (Å²) >= 11 is 0. The SMILES string of the molecule is COCC(C)N[C@@H](CO)c1ccccc1. The molecule has 2 N–H and O–H groups in total. The average Bonchev–Trinajstić information content (AvgIpc) is 2.27. The van der Waals surface area contributed by atoms with Crippen molar-refractivity contribution < 1.29 is 9.84 Å². The highest BCUT2D eigenvalue weighted by Crippen LogP contribution is 2.12. The van der Waals surface area contributed by atoms with Gasteiger partial charge in [-0.05, 0) is 12.5 Å². The van der Waals surface area contributed by atoms with Crippen LogP contribution in [0.3, 0.4) is 0 Å². The number of methoxy groups -OCH3 is 1. The summed E-state index contributed by atoms with van der Waals surface area (Å²) in [6.45, 7) is 2.77. The van der Waals surface area contributed by atoms with Gasteiger partial charge in [-0.3, -0.25) is 0 Å². The molecular formula is C12H19NO2. The van der Waals surface area contributed by atoms with Gasteiger partial charge in [0.15, 0.2) is 0 Å². The Hall–Kier alpha value is -0.900. The maximum atomic E-state index is 9.29. The fourth-order valence-corrected chi connectivity index (χ4v) is 1.58. The minimum Gasteiger partial charge on any atom is -0.394 e. The lowest BCUT2D eigenvalue weighted by Gasteiger charge is -2.21. The molecule has 0 saturated carbocycles. The zero-order valence-electron chi connectivity index (χ0n) is 9.31. The van der Waals surface area contributed by atoms with E-state index in [1.54, 1.807) is 7.11 Å². The van der Waals surface area contributed by atoms with Crippen molar-refractivity contribution in [2.24, 2.45) is 0 Å². The van der Waals surface area contributed by atoms with Gasteiger partial charge in [-0.2, -0.15) is 0 Å². The van der Waals surface area contributed by atoms with Crippen LogP contribution < -0.4 is 5.32 Å². The van der Waals surface area contributed by atoms with Crippen LogP contribution in [0, 0.1) is 0 Å². The highest BCUT2D eigenvalue weighted by Gasteiger charge is 2.12. The van der Waals surface area contributed by atoms with Crippen LogP contribution in [0.2, 0.25) is 0 Å². The first kappa shape index (κ1) is 12.2. The number of aliphatic hydroxyl groups excluding tert-OH is 1. The summed E-state index contributed by atoms with van der Waals surface area (Å²) in [6, 6.07) is 10.1. The van der Waals surface area contributed by atoms with Crippen molar-refractivity contribution >= 4 is 0 Å². The molecule has 0 saturated heterocycles. The Morgan fingerprint density at radius 3 is 2.53 bits per heavy atom. The maximum absolute atomic E-state index is 9.29. The molecule has 1 unspecified atom stereocenters. The monoisotopic (exact) mass is 209 g/mol. The fourth-order valence-electron chi connectivity index (χ4n) is 1.58. The van der Waals surface area contributed by atoms with E-state index in [-0.39, 0.29) is 18.7 Å². The van der Waals surface area contributed by atoms with Gasteiger partial charge in [0.05, 0.1) is 19.3 Å². The maximum Gasteiger partial charge on any atom is 0.0626 e. The lowest BCUT2D eigenvalue weighted by Crippen LogP contribution is -2.35. The summed E-state index contributed by atoms with van der Waals surface area (Å²) < 4.78 is 5.04. The summed E-state index contributed by atoms with van der Waals surface area (Å²) in [4.78, 5) is 0. The second kappa shape index (κ2) is 6.56. The molecule has 0 aliphatic carbocycles. The van der Waals surface area contributed by atoms with Crippen molar-refractivity contribution in [3.05, 3.63) is 35.9 Å². The normalized spacial score (nSPS) is 14.9. The largest absolute Gasteiger partial charge is 0.394 e. The van der Waals surface area contributed by atoms with E-state index in [9.17, 15) is 5.11 Å². The molecule has 0 aromatic heterocycles. The lowest BCUT2D eigenvalue weighted by atomic mass is 10.1. The van der Waals surface area contributed by atoms with Gasteiger partial charge < -0.3 is 15.2 Å². The van der Waals surface area contributed by atoms with Crippen LogP contribution in [0.1, 0.15) is 18.5 Å². The molecule has 1 rings (SSSR count). The Bertz CT molecular complexity index is 264. The van der Waals surface area contributed by atoms with Crippen molar-refractivity contribution in [2.75, 3.05) is 20.3 Å². The van der Waals surface area contributed by atoms with Gasteiger partial charge in [-0.15, -0.1) is 0 Å². The lowest BCUT2D eigenvalue weighted by molar-refractivity contribution is 0.154. The Balaban J connectivity index is 2.56. The molecule has 3 nitrogen and oxygen atoms in total. The van der Waals surface area contributed by atoms with Crippen molar-refractivity contribution in [1.29, 1.82) is 0 Å². The van der Waals surface area contributed by atoms with E-state index in [0.29, 0.717) is 6.61 Å². The summed E-state index contributed by atoms with van der Waals surface area (Å²) in [5.74, 6) is 0. The van der Waals surface area contributed by atoms with Gasteiger partial charge >= 0.3 is 0 Å². The molecule has 1 aromatic rings. The Labute approximate surface area is 91.1 Å². The van der Waals surface area contributed by atoms with Gasteiger partial charge in [0, 0.05) is 13.2 Å². The van der Waals surface area contributed by atoms with Crippen LogP contribution in [0.25, 0.3) is 0 Å². The summed E-state index contributed by atoms with van der Waals surface area (Å²) in [6.07, 6.45) is 0. The molecule has 0 spiro atoms. The van der Waals surface area contributed by atoms with Crippen LogP contribution in [0.5, 0.6) is 0 Å². The van der Waals surface area contributed by atoms with Gasteiger partial charge in [0.2, 0.25) is 0 Å². The molecule has 84 valence electrons. The van der Waals surface area contributed by atoms with Crippen molar-refractivity contribution in [3.63, 3.8) is 0 Å². The van der Waals surface area contributed by atoms with E-state index in [1.165, 1.54) is 0 Å². The predicted molar refractivity (Wildman–Crippen MR) is 60.7 cm³/mol.